The summed E-state index contributed by atoms with van der Waals surface area (Å²) in [6.07, 6.45) is 1.38. The molecule has 7 nitrogen and oxygen atoms in total. The van der Waals surface area contributed by atoms with Gasteiger partial charge in [0.25, 0.3) is 5.91 Å². The Balaban J connectivity index is 2.27. The number of hydrogen-bond acceptors (Lipinski definition) is 4. The number of carbonyl (C=O) groups is 1. The highest BCUT2D eigenvalue weighted by Crippen LogP contribution is 2.18. The molecule has 132 valence electrons. The molecule has 0 aliphatic rings. The van der Waals surface area contributed by atoms with E-state index < -0.39 is 21.5 Å². The van der Waals surface area contributed by atoms with Gasteiger partial charge in [-0.2, -0.15) is 5.26 Å². The van der Waals surface area contributed by atoms with Crippen molar-refractivity contribution in [1.29, 1.82) is 5.26 Å². The van der Waals surface area contributed by atoms with E-state index in [4.69, 9.17) is 5.26 Å². The second-order valence-electron chi connectivity index (χ2n) is 6.67. The molecule has 0 radical (unpaired) electrons. The van der Waals surface area contributed by atoms with Crippen LogP contribution in [0.3, 0.4) is 0 Å². The minimum absolute atomic E-state index is 0.0147. The van der Waals surface area contributed by atoms with Crippen molar-refractivity contribution in [1.82, 2.24) is 9.29 Å². The Morgan fingerprint density at radius 1 is 1.24 bits per heavy atom. The van der Waals surface area contributed by atoms with Gasteiger partial charge in [0.15, 0.2) is 0 Å². The molecule has 0 aliphatic carbocycles. The largest absolute Gasteiger partial charge is 0.345 e. The van der Waals surface area contributed by atoms with Crippen molar-refractivity contribution in [2.45, 2.75) is 31.2 Å². The van der Waals surface area contributed by atoms with Gasteiger partial charge < -0.3 is 9.88 Å². The van der Waals surface area contributed by atoms with Gasteiger partial charge in [0.1, 0.15) is 10.6 Å². The third-order valence-electron chi connectivity index (χ3n) is 3.21. The molecule has 25 heavy (non-hydrogen) atoms. The minimum atomic E-state index is -3.73. The molecule has 1 amide bonds. The maximum absolute atomic E-state index is 12.4. The van der Waals surface area contributed by atoms with Crippen LogP contribution in [-0.2, 0) is 17.1 Å². The molecule has 1 aromatic carbocycles. The molecule has 0 saturated heterocycles. The summed E-state index contributed by atoms with van der Waals surface area (Å²) in [7, 11) is -2.14. The Kier molecular flexibility index (Phi) is 5.02. The molecule has 2 aromatic rings. The number of amides is 1. The fourth-order valence-electron chi connectivity index (χ4n) is 2.23. The van der Waals surface area contributed by atoms with Crippen LogP contribution >= 0.6 is 0 Å². The summed E-state index contributed by atoms with van der Waals surface area (Å²) < 4.78 is 28.8. The van der Waals surface area contributed by atoms with Gasteiger partial charge in [-0.25, -0.2) is 13.1 Å². The van der Waals surface area contributed by atoms with E-state index in [2.05, 4.69) is 10.0 Å². The summed E-state index contributed by atoms with van der Waals surface area (Å²) in [5.74, 6) is -0.463. The molecule has 0 fully saturated rings. The van der Waals surface area contributed by atoms with Crippen molar-refractivity contribution < 1.29 is 13.2 Å². The summed E-state index contributed by atoms with van der Waals surface area (Å²) in [5, 5.41) is 11.6. The quantitative estimate of drug-likeness (QED) is 0.872. The number of rotatable bonds is 4. The molecule has 8 heteroatoms. The zero-order chi connectivity index (χ0) is 18.8. The van der Waals surface area contributed by atoms with Crippen LogP contribution in [0.4, 0.5) is 5.69 Å². The number of nitrogens with one attached hydrogen (secondary N) is 2. The van der Waals surface area contributed by atoms with E-state index in [9.17, 15) is 13.2 Å². The van der Waals surface area contributed by atoms with Crippen molar-refractivity contribution in [2.24, 2.45) is 7.05 Å². The number of aryl methyl sites for hydroxylation is 1. The van der Waals surface area contributed by atoms with Crippen LogP contribution in [-0.4, -0.2) is 24.4 Å². The number of hydrogen-bond donors (Lipinski definition) is 2. The van der Waals surface area contributed by atoms with Gasteiger partial charge in [-0.15, -0.1) is 0 Å². The summed E-state index contributed by atoms with van der Waals surface area (Å²) in [5.41, 5.74) is 0.441. The average Bonchev–Trinajstić information content (AvgIpc) is 2.88. The van der Waals surface area contributed by atoms with Gasteiger partial charge in [0.05, 0.1) is 11.6 Å². The average molecular weight is 360 g/mol. The molecule has 0 unspecified atom stereocenters. The van der Waals surface area contributed by atoms with E-state index in [1.165, 1.54) is 16.8 Å². The minimum Gasteiger partial charge on any atom is -0.345 e. The lowest BCUT2D eigenvalue weighted by Crippen LogP contribution is -2.40. The van der Waals surface area contributed by atoms with Crippen LogP contribution in [0.2, 0.25) is 0 Å². The molecule has 0 atom stereocenters. The van der Waals surface area contributed by atoms with E-state index in [0.29, 0.717) is 11.3 Å². The molecule has 0 spiro atoms. The zero-order valence-corrected chi connectivity index (χ0v) is 15.3. The molecular formula is C17H20N4O3S. The SMILES string of the molecule is Cn1cc(S(=O)(=O)NC(C)(C)C)cc1C(=O)Nc1cccc(C#N)c1. The number of benzene rings is 1. The van der Waals surface area contributed by atoms with Gasteiger partial charge >= 0.3 is 0 Å². The molecule has 2 rings (SSSR count). The second kappa shape index (κ2) is 6.70. The van der Waals surface area contributed by atoms with Crippen LogP contribution in [0.25, 0.3) is 0 Å². The monoisotopic (exact) mass is 360 g/mol. The molecule has 0 saturated carbocycles. The third kappa shape index (κ3) is 4.68. The number of aromatic nitrogens is 1. The predicted molar refractivity (Wildman–Crippen MR) is 94.6 cm³/mol. The van der Waals surface area contributed by atoms with E-state index in [1.54, 1.807) is 52.1 Å². The Hall–Kier alpha value is -2.63. The Morgan fingerprint density at radius 2 is 1.92 bits per heavy atom. The standard InChI is InChI=1S/C17H20N4O3S/c1-17(2,3)20-25(23,24)14-9-15(21(4)11-14)16(22)19-13-7-5-6-12(8-13)10-18/h5-9,11,20H,1-4H3,(H,19,22). The lowest BCUT2D eigenvalue weighted by molar-refractivity contribution is 0.101. The van der Waals surface area contributed by atoms with E-state index in [-0.39, 0.29) is 10.6 Å². The molecular weight excluding hydrogens is 340 g/mol. The van der Waals surface area contributed by atoms with Crippen molar-refractivity contribution in [2.75, 3.05) is 5.32 Å². The lowest BCUT2D eigenvalue weighted by Gasteiger charge is -2.19. The molecule has 0 bridgehead atoms. The van der Waals surface area contributed by atoms with Crippen molar-refractivity contribution >= 4 is 21.6 Å². The Labute approximate surface area is 147 Å². The van der Waals surface area contributed by atoms with Crippen molar-refractivity contribution in [3.8, 4) is 6.07 Å². The fraction of sp³-hybridized carbons (Fsp3) is 0.294. The fourth-order valence-corrected chi connectivity index (χ4v) is 3.72. The highest BCUT2D eigenvalue weighted by molar-refractivity contribution is 7.89. The van der Waals surface area contributed by atoms with Gasteiger partial charge in [0, 0.05) is 24.5 Å². The first kappa shape index (κ1) is 18.7. The van der Waals surface area contributed by atoms with Crippen LogP contribution in [0.5, 0.6) is 0 Å². The Bertz CT molecular complexity index is 947. The highest BCUT2D eigenvalue weighted by atomic mass is 32.2. The van der Waals surface area contributed by atoms with Crippen LogP contribution in [0.15, 0.2) is 41.4 Å². The van der Waals surface area contributed by atoms with Crippen LogP contribution < -0.4 is 10.0 Å². The lowest BCUT2D eigenvalue weighted by atomic mass is 10.1. The van der Waals surface area contributed by atoms with Crippen molar-refractivity contribution in [3.63, 3.8) is 0 Å². The first-order chi connectivity index (χ1) is 11.5. The highest BCUT2D eigenvalue weighted by Gasteiger charge is 2.25. The number of anilines is 1. The predicted octanol–water partition coefficient (Wildman–Crippen LogP) is 2.23. The number of carbonyl (C=O) groups excluding carboxylic acids is 1. The molecule has 0 aliphatic heterocycles. The van der Waals surface area contributed by atoms with Gasteiger partial charge in [-0.3, -0.25) is 4.79 Å². The summed E-state index contributed by atoms with van der Waals surface area (Å²) >= 11 is 0. The zero-order valence-electron chi connectivity index (χ0n) is 14.5. The van der Waals surface area contributed by atoms with Crippen molar-refractivity contribution in [3.05, 3.63) is 47.8 Å². The topological polar surface area (TPSA) is 104 Å². The first-order valence-corrected chi connectivity index (χ1v) is 9.02. The number of sulfonamides is 1. The van der Waals surface area contributed by atoms with Gasteiger partial charge in [-0.05, 0) is 45.0 Å². The second-order valence-corrected chi connectivity index (χ2v) is 8.36. The smallest absolute Gasteiger partial charge is 0.272 e. The number of nitrogens with zero attached hydrogens (tertiary/aromatic N) is 2. The van der Waals surface area contributed by atoms with E-state index in [1.807, 2.05) is 6.07 Å². The maximum atomic E-state index is 12.4. The Morgan fingerprint density at radius 3 is 2.52 bits per heavy atom. The van der Waals surface area contributed by atoms with E-state index >= 15 is 0 Å². The third-order valence-corrected chi connectivity index (χ3v) is 4.94. The molecule has 1 aromatic heterocycles. The normalized spacial score (nSPS) is 11.8. The van der Waals surface area contributed by atoms with Crippen LogP contribution in [0, 0.1) is 11.3 Å². The van der Waals surface area contributed by atoms with Crippen LogP contribution in [0.1, 0.15) is 36.8 Å². The summed E-state index contributed by atoms with van der Waals surface area (Å²) in [6.45, 7) is 5.22. The maximum Gasteiger partial charge on any atom is 0.272 e. The van der Waals surface area contributed by atoms with E-state index in [0.717, 1.165) is 0 Å². The van der Waals surface area contributed by atoms with Gasteiger partial charge in [0.2, 0.25) is 10.0 Å². The van der Waals surface area contributed by atoms with Gasteiger partial charge in [-0.1, -0.05) is 6.07 Å². The number of nitriles is 1. The first-order valence-electron chi connectivity index (χ1n) is 7.54. The summed E-state index contributed by atoms with van der Waals surface area (Å²) in [4.78, 5) is 12.4. The molecule has 2 N–H and O–H groups in total. The molecule has 1 heterocycles. The summed E-state index contributed by atoms with van der Waals surface area (Å²) in [6, 6.07) is 9.79.